The average Bonchev–Trinajstić information content (AvgIpc) is 3.10. The van der Waals surface area contributed by atoms with E-state index in [-0.39, 0.29) is 18.0 Å². The first kappa shape index (κ1) is 17.4. The van der Waals surface area contributed by atoms with Crippen LogP contribution in [0.4, 0.5) is 0 Å². The van der Waals surface area contributed by atoms with Gasteiger partial charge in [0.05, 0.1) is 24.1 Å². The number of quaternary nitrogens is 1. The number of morpholine rings is 1. The van der Waals surface area contributed by atoms with E-state index in [1.165, 1.54) is 9.78 Å². The number of hydrogen-bond acceptors (Lipinski definition) is 3. The summed E-state index contributed by atoms with van der Waals surface area (Å²) in [5, 5.41) is 5.89. The molecule has 4 nitrogen and oxygen atoms in total. The first-order valence-corrected chi connectivity index (χ1v) is 9.43. The van der Waals surface area contributed by atoms with Crippen LogP contribution in [0.5, 0.6) is 0 Å². The van der Waals surface area contributed by atoms with Crippen LogP contribution in [0.15, 0.2) is 41.8 Å². The highest BCUT2D eigenvalue weighted by atomic mass is 35.5. The van der Waals surface area contributed by atoms with E-state index in [1.807, 2.05) is 0 Å². The minimum Gasteiger partial charge on any atom is -0.370 e. The Labute approximate surface area is 151 Å². The van der Waals surface area contributed by atoms with Crippen molar-refractivity contribution in [2.45, 2.75) is 19.0 Å². The highest BCUT2D eigenvalue weighted by molar-refractivity contribution is 7.10. The summed E-state index contributed by atoms with van der Waals surface area (Å²) in [6.07, 6.45) is 0. The minimum absolute atomic E-state index is 0.0277. The van der Waals surface area contributed by atoms with Crippen LogP contribution in [-0.2, 0) is 4.74 Å². The van der Waals surface area contributed by atoms with Gasteiger partial charge in [-0.15, -0.1) is 11.3 Å². The highest BCUT2D eigenvalue weighted by Gasteiger charge is 2.33. The lowest BCUT2D eigenvalue weighted by molar-refractivity contribution is -0.939. The monoisotopic (exact) mass is 365 g/mol. The van der Waals surface area contributed by atoms with Crippen LogP contribution in [0.1, 0.15) is 28.2 Å². The van der Waals surface area contributed by atoms with Crippen molar-refractivity contribution in [1.29, 1.82) is 0 Å². The van der Waals surface area contributed by atoms with Crippen LogP contribution in [0.2, 0.25) is 5.02 Å². The van der Waals surface area contributed by atoms with Crippen LogP contribution in [0, 0.1) is 0 Å². The number of hydrogen-bond donors (Lipinski definition) is 2. The summed E-state index contributed by atoms with van der Waals surface area (Å²) in [5.41, 5.74) is 0.633. The number of ether oxygens (including phenoxy) is 1. The van der Waals surface area contributed by atoms with E-state index in [9.17, 15) is 4.79 Å². The van der Waals surface area contributed by atoms with Crippen molar-refractivity contribution in [3.05, 3.63) is 57.2 Å². The third kappa shape index (κ3) is 4.16. The van der Waals surface area contributed by atoms with Gasteiger partial charge in [0, 0.05) is 10.6 Å². The molecule has 0 bridgehead atoms. The minimum atomic E-state index is -0.0617. The van der Waals surface area contributed by atoms with Crippen molar-refractivity contribution in [3.63, 3.8) is 0 Å². The van der Waals surface area contributed by atoms with Crippen LogP contribution in [0.3, 0.4) is 0 Å². The van der Waals surface area contributed by atoms with Gasteiger partial charge in [-0.05, 0) is 42.6 Å². The molecule has 0 spiro atoms. The first-order chi connectivity index (χ1) is 11.6. The molecular weight excluding hydrogens is 344 g/mol. The summed E-state index contributed by atoms with van der Waals surface area (Å²) in [6.45, 7) is 5.55. The molecule has 0 aliphatic carbocycles. The van der Waals surface area contributed by atoms with Crippen molar-refractivity contribution < 1.29 is 14.4 Å². The van der Waals surface area contributed by atoms with Crippen molar-refractivity contribution in [2.24, 2.45) is 0 Å². The van der Waals surface area contributed by atoms with Gasteiger partial charge in [-0.2, -0.15) is 0 Å². The van der Waals surface area contributed by atoms with Gasteiger partial charge in [0.2, 0.25) is 0 Å². The van der Waals surface area contributed by atoms with Crippen molar-refractivity contribution >= 4 is 28.8 Å². The summed E-state index contributed by atoms with van der Waals surface area (Å²) < 4.78 is 5.49. The molecule has 2 heterocycles. The lowest BCUT2D eigenvalue weighted by atomic mass is 10.0. The fourth-order valence-electron chi connectivity index (χ4n) is 3.19. The van der Waals surface area contributed by atoms with Crippen molar-refractivity contribution in [1.82, 2.24) is 5.32 Å². The normalized spacial score (nSPS) is 18.1. The molecule has 1 aliphatic heterocycles. The van der Waals surface area contributed by atoms with Crippen molar-refractivity contribution in [3.8, 4) is 0 Å². The molecule has 2 aromatic rings. The van der Waals surface area contributed by atoms with Crippen LogP contribution >= 0.6 is 22.9 Å². The molecule has 128 valence electrons. The molecule has 1 aliphatic rings. The lowest BCUT2D eigenvalue weighted by Crippen LogP contribution is -3.15. The van der Waals surface area contributed by atoms with Crippen LogP contribution < -0.4 is 10.2 Å². The van der Waals surface area contributed by atoms with E-state index in [0.29, 0.717) is 10.6 Å². The third-order valence-electron chi connectivity index (χ3n) is 4.39. The SMILES string of the molecule is C[C@@H](NC(=O)c1ccc(Cl)cc1)[C@H](c1cccs1)[NH+]1CCOCC1. The Morgan fingerprint density at radius 2 is 1.96 bits per heavy atom. The zero-order valence-corrected chi connectivity index (χ0v) is 15.2. The van der Waals surface area contributed by atoms with E-state index in [4.69, 9.17) is 16.3 Å². The Morgan fingerprint density at radius 1 is 1.25 bits per heavy atom. The number of halogens is 1. The molecule has 0 saturated carbocycles. The predicted molar refractivity (Wildman–Crippen MR) is 97.0 cm³/mol. The van der Waals surface area contributed by atoms with Gasteiger partial charge < -0.3 is 15.0 Å². The number of amides is 1. The number of thiophene rings is 1. The maximum absolute atomic E-state index is 12.5. The Balaban J connectivity index is 1.74. The predicted octanol–water partition coefficient (Wildman–Crippen LogP) is 2.18. The van der Waals surface area contributed by atoms with Gasteiger partial charge in [-0.1, -0.05) is 17.7 Å². The summed E-state index contributed by atoms with van der Waals surface area (Å²) in [5.74, 6) is -0.0617. The van der Waals surface area contributed by atoms with E-state index in [1.54, 1.807) is 35.6 Å². The molecule has 2 atom stereocenters. The summed E-state index contributed by atoms with van der Waals surface area (Å²) in [6, 6.07) is 11.5. The van der Waals surface area contributed by atoms with E-state index in [0.717, 1.165) is 26.3 Å². The molecule has 2 N–H and O–H groups in total. The number of benzene rings is 1. The van der Waals surface area contributed by atoms with Gasteiger partial charge in [0.25, 0.3) is 5.91 Å². The summed E-state index contributed by atoms with van der Waals surface area (Å²) in [4.78, 5) is 15.3. The Morgan fingerprint density at radius 3 is 2.58 bits per heavy atom. The van der Waals surface area contributed by atoms with Gasteiger partial charge in [0.1, 0.15) is 19.1 Å². The average molecular weight is 366 g/mol. The molecule has 24 heavy (non-hydrogen) atoms. The fraction of sp³-hybridized carbons (Fsp3) is 0.389. The van der Waals surface area contributed by atoms with Gasteiger partial charge >= 0.3 is 0 Å². The molecule has 1 aromatic carbocycles. The third-order valence-corrected chi connectivity index (χ3v) is 5.60. The number of carbonyl (C=O) groups excluding carboxylic acids is 1. The number of nitrogens with one attached hydrogen (secondary N) is 2. The molecule has 1 amide bonds. The smallest absolute Gasteiger partial charge is 0.251 e. The molecule has 0 radical (unpaired) electrons. The standard InChI is InChI=1S/C18H21ClN2O2S/c1-13(20-18(22)14-4-6-15(19)7-5-14)17(16-3-2-12-24-16)21-8-10-23-11-9-21/h2-7,12-13,17H,8-11H2,1H3,(H,20,22)/p+1/t13-,17-/m1/s1. The fourth-order valence-corrected chi connectivity index (χ4v) is 4.30. The Kier molecular flexibility index (Phi) is 5.89. The van der Waals surface area contributed by atoms with Crippen LogP contribution in [0.25, 0.3) is 0 Å². The second kappa shape index (κ2) is 8.12. The molecule has 1 saturated heterocycles. The molecule has 0 unspecified atom stereocenters. The topological polar surface area (TPSA) is 42.8 Å². The van der Waals surface area contributed by atoms with E-state index >= 15 is 0 Å². The van der Waals surface area contributed by atoms with Crippen LogP contribution in [-0.4, -0.2) is 38.3 Å². The second-order valence-electron chi connectivity index (χ2n) is 6.03. The molecule has 6 heteroatoms. The lowest BCUT2D eigenvalue weighted by Gasteiger charge is -2.34. The quantitative estimate of drug-likeness (QED) is 0.852. The molecule has 1 fully saturated rings. The Hall–Kier alpha value is -1.40. The Bertz CT molecular complexity index is 654. The van der Waals surface area contributed by atoms with Gasteiger partial charge in [-0.25, -0.2) is 0 Å². The van der Waals surface area contributed by atoms with Gasteiger partial charge in [0.15, 0.2) is 0 Å². The molecule has 1 aromatic heterocycles. The van der Waals surface area contributed by atoms with E-state index < -0.39 is 0 Å². The maximum atomic E-state index is 12.5. The zero-order valence-electron chi connectivity index (χ0n) is 13.6. The molecule has 3 rings (SSSR count). The first-order valence-electron chi connectivity index (χ1n) is 8.17. The largest absolute Gasteiger partial charge is 0.370 e. The zero-order chi connectivity index (χ0) is 16.9. The number of rotatable bonds is 5. The number of carbonyl (C=O) groups is 1. The maximum Gasteiger partial charge on any atom is 0.251 e. The second-order valence-corrected chi connectivity index (χ2v) is 7.45. The van der Waals surface area contributed by atoms with Crippen molar-refractivity contribution in [2.75, 3.05) is 26.3 Å². The van der Waals surface area contributed by atoms with Gasteiger partial charge in [-0.3, -0.25) is 4.79 Å². The highest BCUT2D eigenvalue weighted by Crippen LogP contribution is 2.20. The van der Waals surface area contributed by atoms with E-state index in [2.05, 4.69) is 29.8 Å². The summed E-state index contributed by atoms with van der Waals surface area (Å²) in [7, 11) is 0. The summed E-state index contributed by atoms with van der Waals surface area (Å²) >= 11 is 7.64. The molecular formula is C18H22ClN2O2S+.